The maximum absolute atomic E-state index is 12.4. The highest BCUT2D eigenvalue weighted by Gasteiger charge is 2.21. The minimum absolute atomic E-state index is 0.124. The number of nitrogens with one attached hydrogen (secondary N) is 2. The zero-order chi connectivity index (χ0) is 21.6. The van der Waals surface area contributed by atoms with Gasteiger partial charge in [-0.25, -0.2) is 0 Å². The molecule has 1 aromatic heterocycles. The second-order valence-corrected chi connectivity index (χ2v) is 8.94. The van der Waals surface area contributed by atoms with Gasteiger partial charge in [0.2, 0.25) is 5.91 Å². The molecule has 0 radical (unpaired) electrons. The van der Waals surface area contributed by atoms with Gasteiger partial charge < -0.3 is 10.3 Å². The van der Waals surface area contributed by atoms with Crippen molar-refractivity contribution < 1.29 is 4.79 Å². The fourth-order valence-corrected chi connectivity index (χ4v) is 4.37. The van der Waals surface area contributed by atoms with E-state index < -0.39 is 0 Å². The van der Waals surface area contributed by atoms with Gasteiger partial charge in [-0.05, 0) is 54.7 Å². The molecule has 4 nitrogen and oxygen atoms in total. The first-order valence-corrected chi connectivity index (χ1v) is 11.5. The fourth-order valence-electron chi connectivity index (χ4n) is 4.05. The van der Waals surface area contributed by atoms with E-state index in [2.05, 4.69) is 39.5 Å². The molecule has 0 aliphatic carbocycles. The van der Waals surface area contributed by atoms with E-state index in [9.17, 15) is 4.79 Å². The Labute approximate surface area is 193 Å². The average Bonchev–Trinajstić information content (AvgIpc) is 3.26. The van der Waals surface area contributed by atoms with Crippen molar-refractivity contribution in [1.29, 1.82) is 0 Å². The van der Waals surface area contributed by atoms with Gasteiger partial charge in [0.25, 0.3) is 0 Å². The summed E-state index contributed by atoms with van der Waals surface area (Å²) in [7, 11) is 0. The molecule has 0 spiro atoms. The van der Waals surface area contributed by atoms with Gasteiger partial charge in [0, 0.05) is 43.5 Å². The van der Waals surface area contributed by atoms with Crippen molar-refractivity contribution in [1.82, 2.24) is 15.2 Å². The van der Waals surface area contributed by atoms with E-state index in [4.69, 9.17) is 23.2 Å². The summed E-state index contributed by atoms with van der Waals surface area (Å²) < 4.78 is 0. The SMILES string of the molecule is O=C(CCc1ccc(-c2ccccc2)[nH]1)NC1CCN(Cc2ccc(Cl)c(Cl)c2)CC1. The van der Waals surface area contributed by atoms with Crippen molar-refractivity contribution in [3.8, 4) is 11.3 Å². The second-order valence-electron chi connectivity index (χ2n) is 8.13. The number of halogens is 2. The smallest absolute Gasteiger partial charge is 0.220 e. The molecular weight excluding hydrogens is 429 g/mol. The molecule has 1 amide bonds. The lowest BCUT2D eigenvalue weighted by Gasteiger charge is -2.32. The van der Waals surface area contributed by atoms with Gasteiger partial charge in [-0.3, -0.25) is 9.69 Å². The number of aromatic amines is 1. The average molecular weight is 456 g/mol. The third-order valence-corrected chi connectivity index (χ3v) is 6.53. The number of H-pyrrole nitrogens is 1. The maximum atomic E-state index is 12.4. The highest BCUT2D eigenvalue weighted by atomic mass is 35.5. The standard InChI is InChI=1S/C25H27Cl2N3O/c26-22-9-6-18(16-23(22)27)17-30-14-12-21(13-15-30)29-25(31)11-8-20-7-10-24(28-20)19-4-2-1-3-5-19/h1-7,9-10,16,21,28H,8,11-15,17H2,(H,29,31). The molecule has 31 heavy (non-hydrogen) atoms. The van der Waals surface area contributed by atoms with Gasteiger partial charge in [-0.2, -0.15) is 0 Å². The van der Waals surface area contributed by atoms with Crippen LogP contribution >= 0.6 is 23.2 Å². The van der Waals surface area contributed by atoms with Crippen molar-refractivity contribution in [2.75, 3.05) is 13.1 Å². The zero-order valence-corrected chi connectivity index (χ0v) is 18.9. The monoisotopic (exact) mass is 455 g/mol. The van der Waals surface area contributed by atoms with Gasteiger partial charge in [-0.1, -0.05) is 59.6 Å². The van der Waals surface area contributed by atoms with Gasteiger partial charge in [0.05, 0.1) is 10.0 Å². The van der Waals surface area contributed by atoms with Crippen LogP contribution in [0.2, 0.25) is 10.0 Å². The molecule has 1 saturated heterocycles. The first kappa shape index (κ1) is 21.9. The molecule has 0 atom stereocenters. The summed E-state index contributed by atoms with van der Waals surface area (Å²) in [6.07, 6.45) is 3.15. The summed E-state index contributed by atoms with van der Waals surface area (Å²) in [5.41, 5.74) is 4.50. The number of carbonyl (C=O) groups excluding carboxylic acids is 1. The van der Waals surface area contributed by atoms with Crippen LogP contribution in [0.15, 0.2) is 60.7 Å². The largest absolute Gasteiger partial charge is 0.358 e. The molecule has 1 fully saturated rings. The number of piperidine rings is 1. The highest BCUT2D eigenvalue weighted by Crippen LogP contribution is 2.24. The number of nitrogens with zero attached hydrogens (tertiary/aromatic N) is 1. The molecule has 2 N–H and O–H groups in total. The minimum Gasteiger partial charge on any atom is -0.358 e. The molecule has 0 unspecified atom stereocenters. The number of hydrogen-bond donors (Lipinski definition) is 2. The molecule has 2 aromatic carbocycles. The molecule has 2 heterocycles. The predicted octanol–water partition coefficient (Wildman–Crippen LogP) is 5.70. The van der Waals surface area contributed by atoms with E-state index in [0.29, 0.717) is 16.5 Å². The van der Waals surface area contributed by atoms with Gasteiger partial charge in [0.15, 0.2) is 0 Å². The lowest BCUT2D eigenvalue weighted by atomic mass is 10.0. The normalized spacial score (nSPS) is 15.2. The molecule has 0 saturated carbocycles. The van der Waals surface area contributed by atoms with E-state index in [1.807, 2.05) is 36.4 Å². The summed E-state index contributed by atoms with van der Waals surface area (Å²) in [4.78, 5) is 18.3. The molecule has 4 rings (SSSR count). The van der Waals surface area contributed by atoms with Crippen LogP contribution in [0.3, 0.4) is 0 Å². The Morgan fingerprint density at radius 3 is 2.52 bits per heavy atom. The Morgan fingerprint density at radius 2 is 1.77 bits per heavy atom. The number of benzene rings is 2. The number of likely N-dealkylation sites (tertiary alicyclic amines) is 1. The van der Waals surface area contributed by atoms with E-state index >= 15 is 0 Å². The molecule has 6 heteroatoms. The first-order valence-electron chi connectivity index (χ1n) is 10.8. The van der Waals surface area contributed by atoms with Crippen LogP contribution in [0, 0.1) is 0 Å². The lowest BCUT2D eigenvalue weighted by molar-refractivity contribution is -0.122. The van der Waals surface area contributed by atoms with Crippen LogP contribution < -0.4 is 5.32 Å². The van der Waals surface area contributed by atoms with E-state index in [-0.39, 0.29) is 11.9 Å². The Bertz CT molecular complexity index is 1010. The van der Waals surface area contributed by atoms with Gasteiger partial charge in [-0.15, -0.1) is 0 Å². The van der Waals surface area contributed by atoms with Crippen LogP contribution in [0.4, 0.5) is 0 Å². The lowest BCUT2D eigenvalue weighted by Crippen LogP contribution is -2.44. The number of aromatic nitrogens is 1. The van der Waals surface area contributed by atoms with Crippen LogP contribution in [0.25, 0.3) is 11.3 Å². The minimum atomic E-state index is 0.124. The predicted molar refractivity (Wildman–Crippen MR) is 127 cm³/mol. The number of carbonyl (C=O) groups is 1. The molecule has 3 aromatic rings. The summed E-state index contributed by atoms with van der Waals surface area (Å²) in [6.45, 7) is 2.78. The Kier molecular flexibility index (Phi) is 7.33. The van der Waals surface area contributed by atoms with Crippen molar-refractivity contribution in [3.05, 3.63) is 82.0 Å². The molecule has 1 aliphatic rings. The second kappa shape index (κ2) is 10.4. The molecular formula is C25H27Cl2N3O. The Morgan fingerprint density at radius 1 is 1.00 bits per heavy atom. The van der Waals surface area contributed by atoms with E-state index in [1.54, 1.807) is 0 Å². The van der Waals surface area contributed by atoms with Crippen molar-refractivity contribution >= 4 is 29.1 Å². The van der Waals surface area contributed by atoms with Crippen molar-refractivity contribution in [2.45, 2.75) is 38.3 Å². The zero-order valence-electron chi connectivity index (χ0n) is 17.4. The first-order chi connectivity index (χ1) is 15.1. The summed E-state index contributed by atoms with van der Waals surface area (Å²) in [5.74, 6) is 0.124. The Hall–Kier alpha value is -2.27. The van der Waals surface area contributed by atoms with Crippen LogP contribution in [0.5, 0.6) is 0 Å². The summed E-state index contributed by atoms with van der Waals surface area (Å²) >= 11 is 12.1. The van der Waals surface area contributed by atoms with E-state index in [1.165, 1.54) is 0 Å². The van der Waals surface area contributed by atoms with Gasteiger partial charge >= 0.3 is 0 Å². The van der Waals surface area contributed by atoms with Crippen LogP contribution in [-0.2, 0) is 17.8 Å². The Balaban J connectivity index is 1.19. The van der Waals surface area contributed by atoms with Crippen molar-refractivity contribution in [3.63, 3.8) is 0 Å². The number of amides is 1. The topological polar surface area (TPSA) is 48.1 Å². The fraction of sp³-hybridized carbons (Fsp3) is 0.320. The molecule has 162 valence electrons. The van der Waals surface area contributed by atoms with Gasteiger partial charge in [0.1, 0.15) is 0 Å². The maximum Gasteiger partial charge on any atom is 0.220 e. The van der Waals surface area contributed by atoms with Crippen molar-refractivity contribution in [2.24, 2.45) is 0 Å². The molecule has 0 bridgehead atoms. The number of rotatable bonds is 7. The van der Waals surface area contributed by atoms with Crippen LogP contribution in [-0.4, -0.2) is 34.9 Å². The third kappa shape index (κ3) is 6.13. The number of aryl methyl sites for hydroxylation is 1. The summed E-state index contributed by atoms with van der Waals surface area (Å²) in [6, 6.07) is 20.4. The quantitative estimate of drug-likeness (QED) is 0.479. The highest BCUT2D eigenvalue weighted by molar-refractivity contribution is 6.42. The summed E-state index contributed by atoms with van der Waals surface area (Å²) in [5, 5.41) is 4.39. The molecule has 1 aliphatic heterocycles. The third-order valence-electron chi connectivity index (χ3n) is 5.80. The van der Waals surface area contributed by atoms with E-state index in [0.717, 1.165) is 61.4 Å². The van der Waals surface area contributed by atoms with Crippen LogP contribution in [0.1, 0.15) is 30.5 Å². The number of hydrogen-bond acceptors (Lipinski definition) is 2.